The van der Waals surface area contributed by atoms with E-state index in [2.05, 4.69) is 15.9 Å². The maximum absolute atomic E-state index is 11.6. The minimum Gasteiger partial charge on any atom is -0.507 e. The molecule has 29 heavy (non-hydrogen) atoms. The Balaban J connectivity index is 1.98. The van der Waals surface area contributed by atoms with Crippen molar-refractivity contribution in [2.75, 3.05) is 13.2 Å². The number of nitro benzene ring substituents is 1. The molecule has 8 heteroatoms. The number of ketones is 1. The summed E-state index contributed by atoms with van der Waals surface area (Å²) in [7, 11) is 0. The molecular weight excluding hydrogens is 442 g/mol. The second-order valence-electron chi connectivity index (χ2n) is 6.62. The minimum atomic E-state index is -0.466. The van der Waals surface area contributed by atoms with Crippen LogP contribution >= 0.6 is 15.9 Å². The van der Waals surface area contributed by atoms with Gasteiger partial charge in [-0.2, -0.15) is 0 Å². The quantitative estimate of drug-likeness (QED) is 0.219. The van der Waals surface area contributed by atoms with Crippen molar-refractivity contribution in [2.24, 2.45) is 0 Å². The predicted octanol–water partition coefficient (Wildman–Crippen LogP) is 5.37. The largest absolute Gasteiger partial charge is 0.507 e. The van der Waals surface area contributed by atoms with Crippen molar-refractivity contribution in [3.8, 4) is 17.2 Å². The highest BCUT2D eigenvalue weighted by molar-refractivity contribution is 9.10. The molecule has 0 aromatic heterocycles. The van der Waals surface area contributed by atoms with Crippen molar-refractivity contribution in [1.82, 2.24) is 0 Å². The third-order valence-corrected chi connectivity index (χ3v) is 5.00. The van der Waals surface area contributed by atoms with Gasteiger partial charge in [0.15, 0.2) is 5.78 Å². The summed E-state index contributed by atoms with van der Waals surface area (Å²) in [4.78, 5) is 22.2. The van der Waals surface area contributed by atoms with Crippen LogP contribution in [0.25, 0.3) is 0 Å². The monoisotopic (exact) mass is 465 g/mol. The number of halogens is 1. The van der Waals surface area contributed by atoms with Gasteiger partial charge in [0, 0.05) is 12.0 Å². The summed E-state index contributed by atoms with van der Waals surface area (Å²) in [5.41, 5.74) is 1.66. The van der Waals surface area contributed by atoms with Crippen LogP contribution in [0.2, 0.25) is 0 Å². The molecule has 0 bridgehead atoms. The highest BCUT2D eigenvalue weighted by Gasteiger charge is 2.17. The standard InChI is InChI=1S/C21H24BrNO6/c1-4-6-16-19(8-7-15(14(3)24)21(16)25)28-9-5-10-29-20-12-18(23(26)27)17(22)11-13(20)2/h7-8,11-12,25H,4-6,9-10H2,1-3H3. The third kappa shape index (κ3) is 5.69. The molecule has 0 fully saturated rings. The molecule has 2 aromatic rings. The Kier molecular flexibility index (Phi) is 8.01. The van der Waals surface area contributed by atoms with Crippen LogP contribution in [0.3, 0.4) is 0 Å². The fourth-order valence-electron chi connectivity index (χ4n) is 2.89. The normalized spacial score (nSPS) is 10.6. The van der Waals surface area contributed by atoms with Gasteiger partial charge in [-0.25, -0.2) is 0 Å². The van der Waals surface area contributed by atoms with Crippen LogP contribution in [-0.2, 0) is 6.42 Å². The molecule has 156 valence electrons. The summed E-state index contributed by atoms with van der Waals surface area (Å²) in [5, 5.41) is 21.4. The average molecular weight is 466 g/mol. The number of aromatic hydroxyl groups is 1. The number of nitro groups is 1. The molecule has 0 unspecified atom stereocenters. The van der Waals surface area contributed by atoms with E-state index in [1.165, 1.54) is 13.0 Å². The number of rotatable bonds is 10. The van der Waals surface area contributed by atoms with E-state index in [1.54, 1.807) is 18.2 Å². The van der Waals surface area contributed by atoms with Crippen LogP contribution < -0.4 is 9.47 Å². The van der Waals surface area contributed by atoms with Crippen LogP contribution in [-0.4, -0.2) is 29.0 Å². The minimum absolute atomic E-state index is 0.0223. The lowest BCUT2D eigenvalue weighted by Gasteiger charge is -2.15. The highest BCUT2D eigenvalue weighted by Crippen LogP contribution is 2.34. The summed E-state index contributed by atoms with van der Waals surface area (Å²) < 4.78 is 11.9. The molecule has 0 heterocycles. The van der Waals surface area contributed by atoms with Crippen molar-refractivity contribution in [3.05, 3.63) is 55.5 Å². The van der Waals surface area contributed by atoms with E-state index < -0.39 is 4.92 Å². The number of hydrogen-bond acceptors (Lipinski definition) is 6. The summed E-state index contributed by atoms with van der Waals surface area (Å²) >= 11 is 3.18. The molecule has 0 amide bonds. The van der Waals surface area contributed by atoms with Crippen molar-refractivity contribution in [2.45, 2.75) is 40.0 Å². The van der Waals surface area contributed by atoms with Gasteiger partial charge in [0.05, 0.1) is 34.2 Å². The zero-order valence-electron chi connectivity index (χ0n) is 16.7. The van der Waals surface area contributed by atoms with E-state index in [-0.39, 0.29) is 22.8 Å². The van der Waals surface area contributed by atoms with Gasteiger partial charge in [-0.05, 0) is 60.0 Å². The van der Waals surface area contributed by atoms with Gasteiger partial charge < -0.3 is 14.6 Å². The number of aryl methyl sites for hydroxylation is 1. The molecular formula is C21H24BrNO6. The van der Waals surface area contributed by atoms with Crippen molar-refractivity contribution >= 4 is 27.4 Å². The third-order valence-electron chi connectivity index (χ3n) is 4.36. The Bertz CT molecular complexity index is 913. The lowest BCUT2D eigenvalue weighted by atomic mass is 10.0. The number of carbonyl (C=O) groups is 1. The molecule has 0 spiro atoms. The number of Topliss-reactive ketones (excluding diaryl/α,β-unsaturated/α-hetero) is 1. The van der Waals surface area contributed by atoms with Crippen LogP contribution in [0.1, 0.15) is 48.2 Å². The van der Waals surface area contributed by atoms with Gasteiger partial charge in [-0.1, -0.05) is 13.3 Å². The molecule has 2 aromatic carbocycles. The zero-order chi connectivity index (χ0) is 21.6. The Morgan fingerprint density at radius 3 is 2.45 bits per heavy atom. The SMILES string of the molecule is CCCc1c(OCCCOc2cc([N+](=O)[O-])c(Br)cc2C)ccc(C(C)=O)c1O. The lowest BCUT2D eigenvalue weighted by Crippen LogP contribution is -2.08. The van der Waals surface area contributed by atoms with Crippen LogP contribution in [0.5, 0.6) is 17.2 Å². The predicted molar refractivity (Wildman–Crippen MR) is 113 cm³/mol. The van der Waals surface area contributed by atoms with Crippen LogP contribution in [0, 0.1) is 17.0 Å². The van der Waals surface area contributed by atoms with Gasteiger partial charge in [0.25, 0.3) is 5.69 Å². The molecule has 0 atom stereocenters. The van der Waals surface area contributed by atoms with Gasteiger partial charge >= 0.3 is 0 Å². The van der Waals surface area contributed by atoms with E-state index in [4.69, 9.17) is 9.47 Å². The number of benzene rings is 2. The van der Waals surface area contributed by atoms with Crippen molar-refractivity contribution in [1.29, 1.82) is 0 Å². The van der Waals surface area contributed by atoms with Gasteiger partial charge in [0.1, 0.15) is 17.2 Å². The van der Waals surface area contributed by atoms with Crippen molar-refractivity contribution in [3.63, 3.8) is 0 Å². The Labute approximate surface area is 177 Å². The lowest BCUT2D eigenvalue weighted by molar-refractivity contribution is -0.385. The molecule has 1 N–H and O–H groups in total. The molecule has 7 nitrogen and oxygen atoms in total. The maximum Gasteiger partial charge on any atom is 0.287 e. The fraction of sp³-hybridized carbons (Fsp3) is 0.381. The summed E-state index contributed by atoms with van der Waals surface area (Å²) in [6.45, 7) is 5.87. The van der Waals surface area contributed by atoms with E-state index >= 15 is 0 Å². The fourth-order valence-corrected chi connectivity index (χ4v) is 3.49. The molecule has 0 saturated carbocycles. The topological polar surface area (TPSA) is 98.9 Å². The van der Waals surface area contributed by atoms with Gasteiger partial charge in [-0.15, -0.1) is 0 Å². The van der Waals surface area contributed by atoms with Gasteiger partial charge in [-0.3, -0.25) is 14.9 Å². The summed E-state index contributed by atoms with van der Waals surface area (Å²) in [6.07, 6.45) is 1.95. The smallest absolute Gasteiger partial charge is 0.287 e. The van der Waals surface area contributed by atoms with Crippen LogP contribution in [0.15, 0.2) is 28.7 Å². The van der Waals surface area contributed by atoms with E-state index in [1.807, 2.05) is 13.8 Å². The number of hydrogen-bond donors (Lipinski definition) is 1. The number of nitrogens with zero attached hydrogens (tertiary/aromatic N) is 1. The second kappa shape index (κ2) is 10.2. The number of carbonyl (C=O) groups excluding carboxylic acids is 1. The number of phenolic OH excluding ortho intramolecular Hbond substituents is 1. The first-order valence-electron chi connectivity index (χ1n) is 9.32. The average Bonchev–Trinajstić information content (AvgIpc) is 2.64. The molecule has 0 saturated heterocycles. The molecule has 0 aliphatic carbocycles. The molecule has 0 radical (unpaired) electrons. The molecule has 0 aliphatic heterocycles. The Hall–Kier alpha value is -2.61. The first-order valence-corrected chi connectivity index (χ1v) is 10.1. The Morgan fingerprint density at radius 1 is 1.21 bits per heavy atom. The first-order chi connectivity index (χ1) is 13.8. The number of ether oxygens (including phenoxy) is 2. The Morgan fingerprint density at radius 2 is 1.86 bits per heavy atom. The molecule has 0 aliphatic rings. The zero-order valence-corrected chi connectivity index (χ0v) is 18.2. The maximum atomic E-state index is 11.6. The first kappa shape index (κ1) is 22.7. The number of phenols is 1. The van der Waals surface area contributed by atoms with Crippen LogP contribution in [0.4, 0.5) is 5.69 Å². The van der Waals surface area contributed by atoms with Gasteiger partial charge in [0.2, 0.25) is 0 Å². The van der Waals surface area contributed by atoms with E-state index in [9.17, 15) is 20.0 Å². The summed E-state index contributed by atoms with van der Waals surface area (Å²) in [6, 6.07) is 6.32. The molecule has 2 rings (SSSR count). The van der Waals surface area contributed by atoms with Crippen molar-refractivity contribution < 1.29 is 24.3 Å². The summed E-state index contributed by atoms with van der Waals surface area (Å²) in [5.74, 6) is 0.782. The van der Waals surface area contributed by atoms with E-state index in [0.717, 1.165) is 12.0 Å². The van der Waals surface area contributed by atoms with E-state index in [0.29, 0.717) is 47.6 Å². The second-order valence-corrected chi connectivity index (χ2v) is 7.48. The highest BCUT2D eigenvalue weighted by atomic mass is 79.9.